The SMILES string of the molecule is COC(=O)COCCCOCCCCCOc1ccc2c(c1)[C@@H](N)CCO2.Cl. The Morgan fingerprint density at radius 3 is 2.68 bits per heavy atom. The van der Waals surface area contributed by atoms with Gasteiger partial charge >= 0.3 is 5.97 Å². The third-order valence-corrected chi connectivity index (χ3v) is 4.29. The molecule has 0 aromatic heterocycles. The monoisotopic (exact) mass is 417 g/mol. The fourth-order valence-electron chi connectivity index (χ4n) is 2.74. The van der Waals surface area contributed by atoms with E-state index in [1.165, 1.54) is 7.11 Å². The average molecular weight is 418 g/mol. The van der Waals surface area contributed by atoms with Gasteiger partial charge in [0.1, 0.15) is 18.1 Å². The summed E-state index contributed by atoms with van der Waals surface area (Å²) in [7, 11) is 1.34. The largest absolute Gasteiger partial charge is 0.494 e. The predicted molar refractivity (Wildman–Crippen MR) is 108 cm³/mol. The first kappa shape index (κ1) is 24.5. The van der Waals surface area contributed by atoms with Crippen LogP contribution < -0.4 is 15.2 Å². The first-order valence-corrected chi connectivity index (χ1v) is 9.58. The van der Waals surface area contributed by atoms with Gasteiger partial charge < -0.3 is 29.4 Å². The summed E-state index contributed by atoms with van der Waals surface area (Å²) >= 11 is 0. The number of nitrogens with two attached hydrogens (primary N) is 1. The first-order chi connectivity index (χ1) is 13.2. The summed E-state index contributed by atoms with van der Waals surface area (Å²) < 4.78 is 26.6. The molecular weight excluding hydrogens is 386 g/mol. The van der Waals surface area contributed by atoms with Crippen molar-refractivity contribution in [2.24, 2.45) is 5.73 Å². The second kappa shape index (κ2) is 14.5. The molecular formula is C20H32ClNO6. The average Bonchev–Trinajstić information content (AvgIpc) is 2.69. The zero-order chi connectivity index (χ0) is 19.3. The van der Waals surface area contributed by atoms with Gasteiger partial charge in [0.25, 0.3) is 0 Å². The van der Waals surface area contributed by atoms with Crippen LogP contribution in [0.5, 0.6) is 11.5 Å². The Hall–Kier alpha value is -1.54. The molecule has 0 amide bonds. The molecule has 0 saturated heterocycles. The minimum Gasteiger partial charge on any atom is -0.494 e. The molecule has 28 heavy (non-hydrogen) atoms. The number of unbranched alkanes of at least 4 members (excludes halogenated alkanes) is 2. The fourth-order valence-corrected chi connectivity index (χ4v) is 2.74. The summed E-state index contributed by atoms with van der Waals surface area (Å²) in [5.41, 5.74) is 7.15. The number of carbonyl (C=O) groups excluding carboxylic acids is 1. The number of hydrogen-bond donors (Lipinski definition) is 1. The van der Waals surface area contributed by atoms with E-state index in [1.807, 2.05) is 18.2 Å². The number of esters is 1. The maximum Gasteiger partial charge on any atom is 0.331 e. The highest BCUT2D eigenvalue weighted by molar-refractivity contribution is 5.85. The lowest BCUT2D eigenvalue weighted by Crippen LogP contribution is -2.20. The lowest BCUT2D eigenvalue weighted by molar-refractivity contribution is -0.146. The van der Waals surface area contributed by atoms with Crippen LogP contribution in [0.15, 0.2) is 18.2 Å². The summed E-state index contributed by atoms with van der Waals surface area (Å²) in [6, 6.07) is 5.89. The Labute approximate surface area is 173 Å². The zero-order valence-corrected chi connectivity index (χ0v) is 17.3. The number of fused-ring (bicyclic) bond motifs is 1. The lowest BCUT2D eigenvalue weighted by Gasteiger charge is -2.23. The molecule has 2 rings (SSSR count). The zero-order valence-electron chi connectivity index (χ0n) is 16.5. The van der Waals surface area contributed by atoms with Gasteiger partial charge in [-0.2, -0.15) is 0 Å². The van der Waals surface area contributed by atoms with Gasteiger partial charge in [-0.25, -0.2) is 4.79 Å². The Morgan fingerprint density at radius 1 is 1.11 bits per heavy atom. The van der Waals surface area contributed by atoms with Crippen LogP contribution in [0.25, 0.3) is 0 Å². The molecule has 0 spiro atoms. The van der Waals surface area contributed by atoms with Crippen molar-refractivity contribution in [1.29, 1.82) is 0 Å². The standard InChI is InChI=1S/C20H31NO6.ClH/c1-23-20(22)15-25-11-5-10-24-9-3-2-4-12-26-16-6-7-19-17(14-16)18(21)8-13-27-19;/h6-7,14,18H,2-5,8-13,15,21H2,1H3;1H/t18-;/m0./s1. The summed E-state index contributed by atoms with van der Waals surface area (Å²) in [4.78, 5) is 10.8. The molecule has 0 aliphatic carbocycles. The number of ether oxygens (including phenoxy) is 5. The van der Waals surface area contributed by atoms with Crippen LogP contribution in [0.2, 0.25) is 0 Å². The predicted octanol–water partition coefficient (Wildman–Crippen LogP) is 3.04. The molecule has 1 aliphatic rings. The van der Waals surface area contributed by atoms with Gasteiger partial charge in [-0.1, -0.05) is 0 Å². The van der Waals surface area contributed by atoms with Gasteiger partial charge in [0, 0.05) is 37.8 Å². The van der Waals surface area contributed by atoms with Crippen LogP contribution >= 0.6 is 12.4 Å². The molecule has 1 heterocycles. The number of rotatable bonds is 13. The van der Waals surface area contributed by atoms with E-state index in [4.69, 9.17) is 24.7 Å². The Balaban J connectivity index is 0.00000392. The van der Waals surface area contributed by atoms with Gasteiger partial charge in [0.05, 0.1) is 20.3 Å². The highest BCUT2D eigenvalue weighted by atomic mass is 35.5. The number of benzene rings is 1. The number of carbonyl (C=O) groups is 1. The van der Waals surface area contributed by atoms with E-state index in [-0.39, 0.29) is 31.0 Å². The van der Waals surface area contributed by atoms with Gasteiger partial charge in [-0.05, 0) is 43.9 Å². The summed E-state index contributed by atoms with van der Waals surface area (Å²) in [6.07, 6.45) is 4.63. The second-order valence-electron chi connectivity index (χ2n) is 6.45. The van der Waals surface area contributed by atoms with Crippen LogP contribution in [-0.4, -0.2) is 52.7 Å². The minimum atomic E-state index is -0.357. The van der Waals surface area contributed by atoms with E-state index in [9.17, 15) is 4.79 Å². The molecule has 0 saturated carbocycles. The lowest BCUT2D eigenvalue weighted by atomic mass is 10.0. The quantitative estimate of drug-likeness (QED) is 0.389. The van der Waals surface area contributed by atoms with Crippen molar-refractivity contribution in [3.8, 4) is 11.5 Å². The van der Waals surface area contributed by atoms with E-state index in [0.717, 1.165) is 55.8 Å². The summed E-state index contributed by atoms with van der Waals surface area (Å²) in [6.45, 7) is 3.21. The smallest absolute Gasteiger partial charge is 0.331 e. The van der Waals surface area contributed by atoms with Crippen molar-refractivity contribution in [2.75, 3.05) is 46.8 Å². The number of hydrogen-bond acceptors (Lipinski definition) is 7. The van der Waals surface area contributed by atoms with Gasteiger partial charge in [0.2, 0.25) is 0 Å². The van der Waals surface area contributed by atoms with Crippen LogP contribution in [-0.2, 0) is 19.0 Å². The fraction of sp³-hybridized carbons (Fsp3) is 0.650. The molecule has 7 nitrogen and oxygen atoms in total. The molecule has 2 N–H and O–H groups in total. The summed E-state index contributed by atoms with van der Waals surface area (Å²) in [5, 5.41) is 0. The number of methoxy groups -OCH3 is 1. The number of halogens is 1. The van der Waals surface area contributed by atoms with E-state index in [2.05, 4.69) is 4.74 Å². The summed E-state index contributed by atoms with van der Waals surface area (Å²) in [5.74, 6) is 1.36. The van der Waals surface area contributed by atoms with Gasteiger partial charge in [-0.3, -0.25) is 0 Å². The van der Waals surface area contributed by atoms with Crippen molar-refractivity contribution >= 4 is 18.4 Å². The van der Waals surface area contributed by atoms with Gasteiger partial charge in [0.15, 0.2) is 0 Å². The van der Waals surface area contributed by atoms with Crippen molar-refractivity contribution in [3.05, 3.63) is 23.8 Å². The molecule has 0 radical (unpaired) electrons. The van der Waals surface area contributed by atoms with E-state index >= 15 is 0 Å². The Bertz CT molecular complexity index is 572. The molecule has 0 bridgehead atoms. The first-order valence-electron chi connectivity index (χ1n) is 9.58. The van der Waals surface area contributed by atoms with Crippen molar-refractivity contribution in [2.45, 2.75) is 38.1 Å². The molecule has 0 fully saturated rings. The van der Waals surface area contributed by atoms with E-state index in [0.29, 0.717) is 26.4 Å². The van der Waals surface area contributed by atoms with E-state index in [1.54, 1.807) is 0 Å². The maximum absolute atomic E-state index is 10.8. The molecule has 1 aliphatic heterocycles. The van der Waals surface area contributed by atoms with Crippen LogP contribution in [0.1, 0.15) is 43.7 Å². The topological polar surface area (TPSA) is 89.2 Å². The maximum atomic E-state index is 10.8. The van der Waals surface area contributed by atoms with Crippen molar-refractivity contribution < 1.29 is 28.5 Å². The molecule has 0 unspecified atom stereocenters. The normalized spacial score (nSPS) is 15.1. The highest BCUT2D eigenvalue weighted by Crippen LogP contribution is 2.33. The third kappa shape index (κ3) is 9.10. The molecule has 1 aromatic carbocycles. The molecule has 1 atom stereocenters. The van der Waals surface area contributed by atoms with Crippen molar-refractivity contribution in [1.82, 2.24) is 0 Å². The van der Waals surface area contributed by atoms with Crippen molar-refractivity contribution in [3.63, 3.8) is 0 Å². The highest BCUT2D eigenvalue weighted by Gasteiger charge is 2.18. The Morgan fingerprint density at radius 2 is 1.86 bits per heavy atom. The van der Waals surface area contributed by atoms with Gasteiger partial charge in [-0.15, -0.1) is 12.4 Å². The Kier molecular flexibility index (Phi) is 12.6. The van der Waals surface area contributed by atoms with Crippen LogP contribution in [0.4, 0.5) is 0 Å². The molecule has 160 valence electrons. The van der Waals surface area contributed by atoms with Crippen LogP contribution in [0.3, 0.4) is 0 Å². The third-order valence-electron chi connectivity index (χ3n) is 4.29. The van der Waals surface area contributed by atoms with Crippen LogP contribution in [0, 0.1) is 0 Å². The second-order valence-corrected chi connectivity index (χ2v) is 6.45. The van der Waals surface area contributed by atoms with E-state index < -0.39 is 0 Å². The molecule has 8 heteroatoms. The molecule has 1 aromatic rings. The minimum absolute atomic E-state index is 0.